The quantitative estimate of drug-likeness (QED) is 0.316. The van der Waals surface area contributed by atoms with E-state index in [0.717, 1.165) is 0 Å². The van der Waals surface area contributed by atoms with Gasteiger partial charge in [-0.25, -0.2) is 0 Å². The van der Waals surface area contributed by atoms with Gasteiger partial charge >= 0.3 is 0 Å². The number of benzene rings is 1. The monoisotopic (exact) mass is 255 g/mol. The average Bonchev–Trinajstić information content (AvgIpc) is 3.18. The van der Waals surface area contributed by atoms with Gasteiger partial charge in [-0.3, -0.25) is 10.1 Å². The number of ether oxygens (including phenoxy) is 4. The lowest BCUT2D eigenvalue weighted by atomic mass is 10.3. The first-order valence-corrected chi connectivity index (χ1v) is 5.35. The largest absolute Gasteiger partial charge is 0.487 e. The second kappa shape index (κ2) is 5.65. The Morgan fingerprint density at radius 3 is 2.83 bits per heavy atom. The minimum Gasteiger partial charge on any atom is -0.487 e. The highest BCUT2D eigenvalue weighted by Crippen LogP contribution is 2.32. The van der Waals surface area contributed by atoms with Crippen LogP contribution in [0.1, 0.15) is 0 Å². The molecule has 0 amide bonds. The molecule has 0 bridgehead atoms. The number of methoxy groups -OCH3 is 1. The lowest BCUT2D eigenvalue weighted by molar-refractivity contribution is -0.385. The van der Waals surface area contributed by atoms with E-state index >= 15 is 0 Å². The van der Waals surface area contributed by atoms with Gasteiger partial charge in [0, 0.05) is 13.2 Å². The van der Waals surface area contributed by atoms with E-state index in [0.29, 0.717) is 24.7 Å². The molecular weight excluding hydrogens is 242 g/mol. The van der Waals surface area contributed by atoms with E-state index in [2.05, 4.69) is 0 Å². The summed E-state index contributed by atoms with van der Waals surface area (Å²) in [4.78, 5) is 10.2. The van der Waals surface area contributed by atoms with Gasteiger partial charge in [-0.1, -0.05) is 0 Å². The Hall–Kier alpha value is -1.86. The van der Waals surface area contributed by atoms with Crippen LogP contribution < -0.4 is 9.47 Å². The van der Waals surface area contributed by atoms with Crippen molar-refractivity contribution in [2.24, 2.45) is 0 Å². The lowest BCUT2D eigenvalue weighted by Crippen LogP contribution is -2.07. The molecule has 1 aliphatic heterocycles. The molecule has 18 heavy (non-hydrogen) atoms. The molecule has 1 aromatic rings. The van der Waals surface area contributed by atoms with Gasteiger partial charge in [0.15, 0.2) is 18.3 Å². The maximum Gasteiger partial charge on any atom is 0.273 e. The molecule has 0 unspecified atom stereocenters. The van der Waals surface area contributed by atoms with Crippen LogP contribution in [0.5, 0.6) is 11.5 Å². The number of rotatable bonds is 7. The predicted octanol–water partition coefficient (Wildman–Crippen LogP) is 1.36. The summed E-state index contributed by atoms with van der Waals surface area (Å²) in [7, 11) is 1.49. The van der Waals surface area contributed by atoms with Gasteiger partial charge in [-0.2, -0.15) is 0 Å². The third kappa shape index (κ3) is 3.31. The first-order chi connectivity index (χ1) is 8.70. The van der Waals surface area contributed by atoms with Crippen LogP contribution in [0.15, 0.2) is 18.2 Å². The highest BCUT2D eigenvalue weighted by atomic mass is 16.7. The zero-order chi connectivity index (χ0) is 13.0. The number of non-ortho nitro benzene ring substituents is 1. The zero-order valence-electron chi connectivity index (χ0n) is 9.83. The fourth-order valence-electron chi connectivity index (χ4n) is 1.31. The molecule has 0 saturated carbocycles. The van der Waals surface area contributed by atoms with E-state index < -0.39 is 4.92 Å². The minimum atomic E-state index is -0.486. The van der Waals surface area contributed by atoms with Crippen molar-refractivity contribution in [3.8, 4) is 11.5 Å². The second-order valence-electron chi connectivity index (χ2n) is 3.71. The summed E-state index contributed by atoms with van der Waals surface area (Å²) in [5.41, 5.74) is -0.0496. The van der Waals surface area contributed by atoms with E-state index in [-0.39, 0.29) is 18.6 Å². The van der Waals surface area contributed by atoms with Gasteiger partial charge < -0.3 is 18.9 Å². The molecule has 1 heterocycles. The highest BCUT2D eigenvalue weighted by molar-refractivity contribution is 5.48. The third-order valence-electron chi connectivity index (χ3n) is 2.30. The average molecular weight is 255 g/mol. The van der Waals surface area contributed by atoms with E-state index in [9.17, 15) is 10.1 Å². The predicted molar refractivity (Wildman–Crippen MR) is 60.8 cm³/mol. The van der Waals surface area contributed by atoms with Crippen LogP contribution in [0.3, 0.4) is 0 Å². The summed E-state index contributed by atoms with van der Waals surface area (Å²) < 4.78 is 20.5. The van der Waals surface area contributed by atoms with Crippen LogP contribution in [0.4, 0.5) is 5.69 Å². The summed E-state index contributed by atoms with van der Waals surface area (Å²) in [5.74, 6) is 0.722. The molecule has 7 heteroatoms. The van der Waals surface area contributed by atoms with Gasteiger partial charge in [-0.15, -0.1) is 0 Å². The smallest absolute Gasteiger partial charge is 0.273 e. The molecule has 1 fully saturated rings. The van der Waals surface area contributed by atoms with Gasteiger partial charge in [0.2, 0.25) is 0 Å². The molecule has 7 nitrogen and oxygen atoms in total. The molecular formula is C11H13NO6. The fourth-order valence-corrected chi connectivity index (χ4v) is 1.31. The standard InChI is InChI=1S/C11H13NO6/c1-15-7-18-10-3-2-8(12(13)14)4-11(10)17-6-9-5-16-9/h2-4,9H,5-7H2,1H3/t9-/m1/s1. The van der Waals surface area contributed by atoms with Crippen molar-refractivity contribution in [1.82, 2.24) is 0 Å². The summed E-state index contributed by atoms with van der Waals surface area (Å²) in [6.07, 6.45) is 0.0690. The number of nitro benzene ring substituents is 1. The van der Waals surface area contributed by atoms with Crippen molar-refractivity contribution < 1.29 is 23.9 Å². The van der Waals surface area contributed by atoms with Crippen LogP contribution in [0, 0.1) is 10.1 Å². The van der Waals surface area contributed by atoms with Crippen LogP contribution >= 0.6 is 0 Å². The SMILES string of the molecule is COCOc1ccc([N+](=O)[O-])cc1OC[C@H]1CO1. The van der Waals surface area contributed by atoms with Crippen LogP contribution in [0.25, 0.3) is 0 Å². The summed E-state index contributed by atoms with van der Waals surface area (Å²) >= 11 is 0. The maximum absolute atomic E-state index is 10.7. The number of nitrogens with zero attached hydrogens (tertiary/aromatic N) is 1. The van der Waals surface area contributed by atoms with E-state index in [4.69, 9.17) is 18.9 Å². The molecule has 0 radical (unpaired) electrons. The first kappa shape index (κ1) is 12.6. The van der Waals surface area contributed by atoms with Crippen molar-refractivity contribution >= 4 is 5.69 Å². The number of epoxide rings is 1. The van der Waals surface area contributed by atoms with Crippen molar-refractivity contribution in [3.05, 3.63) is 28.3 Å². The van der Waals surface area contributed by atoms with Gasteiger partial charge in [0.25, 0.3) is 5.69 Å². The molecule has 98 valence electrons. The van der Waals surface area contributed by atoms with Crippen LogP contribution in [-0.4, -0.2) is 38.1 Å². The molecule has 0 N–H and O–H groups in total. The van der Waals surface area contributed by atoms with E-state index in [1.54, 1.807) is 0 Å². The third-order valence-corrected chi connectivity index (χ3v) is 2.30. The van der Waals surface area contributed by atoms with Crippen molar-refractivity contribution in [1.29, 1.82) is 0 Å². The Bertz CT molecular complexity index is 432. The fraction of sp³-hybridized carbons (Fsp3) is 0.455. The highest BCUT2D eigenvalue weighted by Gasteiger charge is 2.24. The van der Waals surface area contributed by atoms with Gasteiger partial charge in [-0.05, 0) is 6.07 Å². The summed E-state index contributed by atoms with van der Waals surface area (Å²) in [5, 5.41) is 10.7. The Labute approximate surface area is 103 Å². The van der Waals surface area contributed by atoms with Gasteiger partial charge in [0.05, 0.1) is 17.6 Å². The minimum absolute atomic E-state index is 0.0496. The summed E-state index contributed by atoms with van der Waals surface area (Å²) in [6, 6.07) is 4.17. The second-order valence-corrected chi connectivity index (χ2v) is 3.71. The molecule has 0 aliphatic carbocycles. The lowest BCUT2D eigenvalue weighted by Gasteiger charge is -2.11. The normalized spacial score (nSPS) is 17.3. The van der Waals surface area contributed by atoms with Crippen LogP contribution in [-0.2, 0) is 9.47 Å². The van der Waals surface area contributed by atoms with E-state index in [1.165, 1.54) is 25.3 Å². The summed E-state index contributed by atoms with van der Waals surface area (Å²) in [6.45, 7) is 1.06. The topological polar surface area (TPSA) is 83.4 Å². The molecule has 2 rings (SSSR count). The number of nitro groups is 1. The molecule has 1 saturated heterocycles. The number of hydrogen-bond acceptors (Lipinski definition) is 6. The van der Waals surface area contributed by atoms with Gasteiger partial charge in [0.1, 0.15) is 12.7 Å². The molecule has 0 spiro atoms. The molecule has 1 aliphatic rings. The zero-order valence-corrected chi connectivity index (χ0v) is 9.83. The maximum atomic E-state index is 10.7. The van der Waals surface area contributed by atoms with Crippen molar-refractivity contribution in [2.75, 3.05) is 27.1 Å². The molecule has 1 atom stereocenters. The Balaban J connectivity index is 2.11. The van der Waals surface area contributed by atoms with Crippen molar-refractivity contribution in [2.45, 2.75) is 6.10 Å². The molecule has 0 aromatic heterocycles. The van der Waals surface area contributed by atoms with E-state index in [1.807, 2.05) is 0 Å². The number of hydrogen-bond donors (Lipinski definition) is 0. The first-order valence-electron chi connectivity index (χ1n) is 5.35. The van der Waals surface area contributed by atoms with Crippen LogP contribution in [0.2, 0.25) is 0 Å². The Morgan fingerprint density at radius 2 is 2.22 bits per heavy atom. The molecule has 1 aromatic carbocycles. The Morgan fingerprint density at radius 1 is 1.44 bits per heavy atom. The Kier molecular flexibility index (Phi) is 3.96. The van der Waals surface area contributed by atoms with Crippen molar-refractivity contribution in [3.63, 3.8) is 0 Å².